The number of amides is 1. The molecule has 1 fully saturated rings. The second-order valence-electron chi connectivity index (χ2n) is 7.88. The number of aryl methyl sites for hydroxylation is 2. The number of ether oxygens (including phenoxy) is 1. The van der Waals surface area contributed by atoms with Gasteiger partial charge in [-0.1, -0.05) is 29.8 Å². The van der Waals surface area contributed by atoms with Gasteiger partial charge in [-0.05, 0) is 73.0 Å². The molecule has 0 aromatic heterocycles. The van der Waals surface area contributed by atoms with Crippen molar-refractivity contribution in [1.82, 2.24) is 0 Å². The van der Waals surface area contributed by atoms with Gasteiger partial charge in [-0.15, -0.1) is 0 Å². The van der Waals surface area contributed by atoms with Crippen LogP contribution in [-0.2, 0) is 9.59 Å². The highest BCUT2D eigenvalue weighted by Crippen LogP contribution is 2.43. The van der Waals surface area contributed by atoms with Gasteiger partial charge >= 0.3 is 0 Å². The third-order valence-electron chi connectivity index (χ3n) is 5.74. The number of phenolic OH excluding ortho intramolecular Hbond substituents is 1. The highest BCUT2D eigenvalue weighted by Gasteiger charge is 2.47. The van der Waals surface area contributed by atoms with E-state index in [1.54, 1.807) is 62.6 Å². The Balaban J connectivity index is 1.98. The number of phenols is 1. The number of carbonyl (C=O) groups excluding carboxylic acids is 2. The molecule has 1 atom stereocenters. The number of benzene rings is 3. The van der Waals surface area contributed by atoms with Gasteiger partial charge in [0, 0.05) is 16.3 Å². The van der Waals surface area contributed by atoms with Crippen molar-refractivity contribution in [1.29, 1.82) is 0 Å². The summed E-state index contributed by atoms with van der Waals surface area (Å²) in [5.74, 6) is -1.17. The summed E-state index contributed by atoms with van der Waals surface area (Å²) < 4.78 is 5.35. The number of hydrogen-bond donors (Lipinski definition) is 2. The molecule has 1 unspecified atom stereocenters. The Morgan fingerprint density at radius 2 is 1.70 bits per heavy atom. The molecule has 1 aliphatic heterocycles. The van der Waals surface area contributed by atoms with Gasteiger partial charge in [0.2, 0.25) is 0 Å². The number of aromatic hydroxyl groups is 1. The van der Waals surface area contributed by atoms with Gasteiger partial charge in [0.05, 0.1) is 18.7 Å². The summed E-state index contributed by atoms with van der Waals surface area (Å²) >= 11 is 6.15. The Morgan fingerprint density at radius 3 is 2.33 bits per heavy atom. The van der Waals surface area contributed by atoms with E-state index in [1.807, 2.05) is 6.92 Å². The second-order valence-corrected chi connectivity index (χ2v) is 8.31. The molecule has 1 amide bonds. The summed E-state index contributed by atoms with van der Waals surface area (Å²) in [6.07, 6.45) is 0. The number of aliphatic hydroxyl groups is 1. The lowest BCUT2D eigenvalue weighted by Gasteiger charge is -2.25. The molecule has 0 radical (unpaired) electrons. The molecule has 1 aliphatic rings. The lowest BCUT2D eigenvalue weighted by atomic mass is 9.93. The monoisotopic (exact) mass is 463 g/mol. The number of hydrogen-bond acceptors (Lipinski definition) is 5. The van der Waals surface area contributed by atoms with Gasteiger partial charge in [-0.3, -0.25) is 14.5 Å². The van der Waals surface area contributed by atoms with Crippen molar-refractivity contribution in [3.63, 3.8) is 0 Å². The quantitative estimate of drug-likeness (QED) is 0.311. The number of nitrogens with zero attached hydrogens (tertiary/aromatic N) is 1. The fourth-order valence-corrected chi connectivity index (χ4v) is 4.29. The van der Waals surface area contributed by atoms with Gasteiger partial charge in [-0.2, -0.15) is 0 Å². The third-order valence-corrected chi connectivity index (χ3v) is 5.97. The van der Waals surface area contributed by atoms with E-state index >= 15 is 0 Å². The van der Waals surface area contributed by atoms with E-state index in [9.17, 15) is 19.8 Å². The maximum Gasteiger partial charge on any atom is 0.300 e. The van der Waals surface area contributed by atoms with Crippen LogP contribution < -0.4 is 9.64 Å². The summed E-state index contributed by atoms with van der Waals surface area (Å²) in [6.45, 7) is 3.62. The standard InChI is InChI=1S/C26H22ClNO5/c1-14-12-21(33-3)15(2)11-20(14)24(30)22-23(16-7-9-19(29)10-8-16)28(26(32)25(22)31)18-6-4-5-17(27)13-18/h4-13,23,29-30H,1-3H3/b24-22+. The van der Waals surface area contributed by atoms with Crippen molar-refractivity contribution < 1.29 is 24.5 Å². The number of ketones is 1. The summed E-state index contributed by atoms with van der Waals surface area (Å²) in [4.78, 5) is 27.7. The van der Waals surface area contributed by atoms with Crippen LogP contribution in [0, 0.1) is 13.8 Å². The molecule has 3 aromatic rings. The average molecular weight is 464 g/mol. The van der Waals surface area contributed by atoms with E-state index < -0.39 is 17.7 Å². The number of Topliss-reactive ketones (excluding diaryl/α,β-unsaturated/α-hetero) is 1. The molecule has 0 bridgehead atoms. The van der Waals surface area contributed by atoms with E-state index in [0.717, 1.165) is 5.56 Å². The smallest absolute Gasteiger partial charge is 0.300 e. The summed E-state index contributed by atoms with van der Waals surface area (Å²) in [5.41, 5.74) is 2.82. The van der Waals surface area contributed by atoms with E-state index in [1.165, 1.54) is 17.0 Å². The molecule has 2 N–H and O–H groups in total. The van der Waals surface area contributed by atoms with E-state index in [2.05, 4.69) is 0 Å². The largest absolute Gasteiger partial charge is 0.508 e. The zero-order valence-electron chi connectivity index (χ0n) is 18.3. The second kappa shape index (κ2) is 8.64. The van der Waals surface area contributed by atoms with E-state index in [4.69, 9.17) is 16.3 Å². The van der Waals surface area contributed by atoms with Crippen LogP contribution in [-0.4, -0.2) is 29.0 Å². The van der Waals surface area contributed by atoms with Crippen molar-refractivity contribution >= 4 is 34.7 Å². The Morgan fingerprint density at radius 1 is 1.00 bits per heavy atom. The normalized spacial score (nSPS) is 17.5. The first-order chi connectivity index (χ1) is 15.7. The zero-order valence-corrected chi connectivity index (χ0v) is 19.1. The topological polar surface area (TPSA) is 87.1 Å². The van der Waals surface area contributed by atoms with Crippen molar-refractivity contribution in [3.05, 3.63) is 93.5 Å². The molecule has 0 saturated carbocycles. The molecule has 4 rings (SSSR count). The van der Waals surface area contributed by atoms with Crippen molar-refractivity contribution in [2.45, 2.75) is 19.9 Å². The number of methoxy groups -OCH3 is 1. The lowest BCUT2D eigenvalue weighted by molar-refractivity contribution is -0.132. The van der Waals surface area contributed by atoms with Crippen LogP contribution in [0.15, 0.2) is 66.2 Å². The van der Waals surface area contributed by atoms with Crippen LogP contribution in [0.2, 0.25) is 5.02 Å². The zero-order chi connectivity index (χ0) is 23.9. The Labute approximate surface area is 196 Å². The molecular weight excluding hydrogens is 442 g/mol. The average Bonchev–Trinajstić information content (AvgIpc) is 3.05. The highest BCUT2D eigenvalue weighted by molar-refractivity contribution is 6.51. The number of aliphatic hydroxyl groups excluding tert-OH is 1. The van der Waals surface area contributed by atoms with Crippen LogP contribution in [0.3, 0.4) is 0 Å². The van der Waals surface area contributed by atoms with Gasteiger partial charge in [-0.25, -0.2) is 0 Å². The highest BCUT2D eigenvalue weighted by atomic mass is 35.5. The maximum atomic E-state index is 13.2. The Hall–Kier alpha value is -3.77. The minimum absolute atomic E-state index is 0.0417. The van der Waals surface area contributed by atoms with Gasteiger partial charge in [0.25, 0.3) is 11.7 Å². The third kappa shape index (κ3) is 3.94. The molecule has 1 heterocycles. The molecule has 168 valence electrons. The molecule has 3 aromatic carbocycles. The first-order valence-electron chi connectivity index (χ1n) is 10.2. The Kier molecular flexibility index (Phi) is 5.87. The van der Waals surface area contributed by atoms with Gasteiger partial charge in [0.1, 0.15) is 17.3 Å². The van der Waals surface area contributed by atoms with Crippen LogP contribution in [0.1, 0.15) is 28.3 Å². The number of anilines is 1. The summed E-state index contributed by atoms with van der Waals surface area (Å²) in [7, 11) is 1.56. The molecule has 0 spiro atoms. The minimum atomic E-state index is -0.911. The van der Waals surface area contributed by atoms with Crippen LogP contribution >= 0.6 is 11.6 Å². The first kappa shape index (κ1) is 22.4. The maximum absolute atomic E-state index is 13.2. The van der Waals surface area contributed by atoms with E-state index in [-0.39, 0.29) is 17.1 Å². The SMILES string of the molecule is COc1cc(C)c(/C(O)=C2\C(=O)C(=O)N(c3cccc(Cl)c3)C2c2ccc(O)cc2)cc1C. The van der Waals surface area contributed by atoms with Crippen molar-refractivity contribution in [2.24, 2.45) is 0 Å². The summed E-state index contributed by atoms with van der Waals surface area (Å²) in [6, 6.07) is 15.4. The summed E-state index contributed by atoms with van der Waals surface area (Å²) in [5, 5.41) is 21.5. The Bertz CT molecular complexity index is 1300. The van der Waals surface area contributed by atoms with Gasteiger partial charge < -0.3 is 14.9 Å². The molecule has 6 nitrogen and oxygen atoms in total. The van der Waals surface area contributed by atoms with Crippen LogP contribution in [0.4, 0.5) is 5.69 Å². The predicted molar refractivity (Wildman–Crippen MR) is 127 cm³/mol. The van der Waals surface area contributed by atoms with Gasteiger partial charge in [0.15, 0.2) is 0 Å². The lowest BCUT2D eigenvalue weighted by Crippen LogP contribution is -2.29. The van der Waals surface area contributed by atoms with Crippen LogP contribution in [0.5, 0.6) is 11.5 Å². The van der Waals surface area contributed by atoms with Crippen LogP contribution in [0.25, 0.3) is 5.76 Å². The fourth-order valence-electron chi connectivity index (χ4n) is 4.11. The molecule has 1 saturated heterocycles. The fraction of sp³-hybridized carbons (Fsp3) is 0.154. The first-order valence-corrected chi connectivity index (χ1v) is 10.6. The molecular formula is C26H22ClNO5. The van der Waals surface area contributed by atoms with E-state index in [0.29, 0.717) is 33.1 Å². The number of halogens is 1. The number of rotatable bonds is 4. The predicted octanol–water partition coefficient (Wildman–Crippen LogP) is 5.30. The van der Waals surface area contributed by atoms with Crippen molar-refractivity contribution in [2.75, 3.05) is 12.0 Å². The minimum Gasteiger partial charge on any atom is -0.508 e. The van der Waals surface area contributed by atoms with Crippen molar-refractivity contribution in [3.8, 4) is 11.5 Å². The molecule has 0 aliphatic carbocycles. The molecule has 33 heavy (non-hydrogen) atoms. The molecule has 7 heteroatoms. The number of carbonyl (C=O) groups is 2.